The van der Waals surface area contributed by atoms with Gasteiger partial charge in [0.25, 0.3) is 0 Å². The first kappa shape index (κ1) is 14.4. The number of aliphatic carboxylic acids is 1. The van der Waals surface area contributed by atoms with Gasteiger partial charge >= 0.3 is 5.97 Å². The maximum Gasteiger partial charge on any atom is 0.323 e. The molecule has 1 N–H and O–H groups in total. The van der Waals surface area contributed by atoms with Crippen molar-refractivity contribution < 1.29 is 9.90 Å². The van der Waals surface area contributed by atoms with E-state index in [1.165, 1.54) is 0 Å². The monoisotopic (exact) mass is 359 g/mol. The first-order valence-electron chi connectivity index (χ1n) is 5.50. The number of hydrogen-bond acceptors (Lipinski definition) is 3. The molecule has 0 bridgehead atoms. The second-order valence-electron chi connectivity index (χ2n) is 3.92. The molecular formula is C13H11BrClNO2S. The van der Waals surface area contributed by atoms with Crippen LogP contribution in [-0.4, -0.2) is 17.6 Å². The first-order valence-corrected chi connectivity index (χ1v) is 7.55. The van der Waals surface area contributed by atoms with Crippen LogP contribution in [0.15, 0.2) is 40.2 Å². The highest BCUT2D eigenvalue weighted by Crippen LogP contribution is 2.27. The van der Waals surface area contributed by atoms with Gasteiger partial charge in [-0.05, 0) is 45.6 Å². The molecule has 0 spiro atoms. The van der Waals surface area contributed by atoms with Crippen molar-refractivity contribution in [3.8, 4) is 0 Å². The Morgan fingerprint density at radius 3 is 2.79 bits per heavy atom. The number of benzene rings is 1. The van der Waals surface area contributed by atoms with Gasteiger partial charge in [0.05, 0.1) is 6.54 Å². The Hall–Kier alpha value is -1.04. The van der Waals surface area contributed by atoms with E-state index in [2.05, 4.69) is 15.9 Å². The molecule has 1 heterocycles. The van der Waals surface area contributed by atoms with E-state index in [0.29, 0.717) is 11.6 Å². The minimum atomic E-state index is -0.868. The van der Waals surface area contributed by atoms with E-state index in [9.17, 15) is 4.79 Å². The summed E-state index contributed by atoms with van der Waals surface area (Å²) in [4.78, 5) is 13.9. The normalized spacial score (nSPS) is 10.4. The Bertz CT molecular complexity index is 588. The van der Waals surface area contributed by atoms with Crippen LogP contribution in [0.3, 0.4) is 0 Å². The Balaban J connectivity index is 2.26. The summed E-state index contributed by atoms with van der Waals surface area (Å²) in [5, 5.41) is 11.6. The molecule has 100 valence electrons. The summed E-state index contributed by atoms with van der Waals surface area (Å²) in [6, 6.07) is 9.17. The van der Waals surface area contributed by atoms with Gasteiger partial charge in [-0.2, -0.15) is 0 Å². The van der Waals surface area contributed by atoms with Crippen molar-refractivity contribution in [1.29, 1.82) is 0 Å². The zero-order chi connectivity index (χ0) is 13.8. The van der Waals surface area contributed by atoms with E-state index in [1.54, 1.807) is 28.4 Å². The number of halogens is 2. The quantitative estimate of drug-likeness (QED) is 0.866. The van der Waals surface area contributed by atoms with Crippen LogP contribution in [0.4, 0.5) is 5.69 Å². The molecular weight excluding hydrogens is 350 g/mol. The molecule has 2 aromatic rings. The van der Waals surface area contributed by atoms with Crippen LogP contribution in [0.1, 0.15) is 4.88 Å². The van der Waals surface area contributed by atoms with Crippen LogP contribution in [0.25, 0.3) is 0 Å². The lowest BCUT2D eigenvalue weighted by Crippen LogP contribution is -2.28. The lowest BCUT2D eigenvalue weighted by Gasteiger charge is -2.22. The number of thiophene rings is 1. The molecule has 1 aromatic heterocycles. The Morgan fingerprint density at radius 2 is 2.21 bits per heavy atom. The summed E-state index contributed by atoms with van der Waals surface area (Å²) in [5.74, 6) is -0.868. The summed E-state index contributed by atoms with van der Waals surface area (Å²) in [6.07, 6.45) is 0. The van der Waals surface area contributed by atoms with Gasteiger partial charge in [-0.3, -0.25) is 4.79 Å². The van der Waals surface area contributed by atoms with Gasteiger partial charge in [0.2, 0.25) is 0 Å². The second kappa shape index (κ2) is 6.41. The molecule has 6 heteroatoms. The highest BCUT2D eigenvalue weighted by atomic mass is 79.9. The van der Waals surface area contributed by atoms with Gasteiger partial charge < -0.3 is 10.0 Å². The number of carbonyl (C=O) groups is 1. The predicted molar refractivity (Wildman–Crippen MR) is 82.2 cm³/mol. The third kappa shape index (κ3) is 3.96. The van der Waals surface area contributed by atoms with E-state index >= 15 is 0 Å². The third-order valence-electron chi connectivity index (χ3n) is 2.52. The Labute approximate surface area is 128 Å². The number of rotatable bonds is 5. The summed E-state index contributed by atoms with van der Waals surface area (Å²) >= 11 is 11.0. The molecule has 0 saturated heterocycles. The van der Waals surface area contributed by atoms with Crippen molar-refractivity contribution >= 4 is 50.5 Å². The van der Waals surface area contributed by atoms with Crippen LogP contribution in [0.5, 0.6) is 0 Å². The number of nitrogens with zero attached hydrogens (tertiary/aromatic N) is 1. The number of carboxylic acids is 1. The molecule has 0 amide bonds. The summed E-state index contributed by atoms with van der Waals surface area (Å²) in [7, 11) is 0. The molecule has 0 atom stereocenters. The molecule has 0 fully saturated rings. The van der Waals surface area contributed by atoms with Crippen molar-refractivity contribution in [1.82, 2.24) is 0 Å². The van der Waals surface area contributed by atoms with Crippen LogP contribution < -0.4 is 4.90 Å². The molecule has 1 aromatic carbocycles. The van der Waals surface area contributed by atoms with E-state index in [-0.39, 0.29) is 6.54 Å². The predicted octanol–water partition coefficient (Wildman–Crippen LogP) is 4.26. The zero-order valence-electron chi connectivity index (χ0n) is 9.85. The lowest BCUT2D eigenvalue weighted by molar-refractivity contribution is -0.135. The Morgan fingerprint density at radius 1 is 1.42 bits per heavy atom. The standard InChI is InChI=1S/C13H11BrClNO2S/c14-11-4-5-19-12(11)7-16(8-13(17)18)10-3-1-2-9(15)6-10/h1-6H,7-8H2,(H,17,18). The SMILES string of the molecule is O=C(O)CN(Cc1sccc1Br)c1cccc(Cl)c1. The fourth-order valence-corrected chi connectivity index (χ4v) is 3.36. The van der Waals surface area contributed by atoms with E-state index in [1.807, 2.05) is 23.6 Å². The van der Waals surface area contributed by atoms with Gasteiger partial charge in [-0.1, -0.05) is 17.7 Å². The zero-order valence-corrected chi connectivity index (χ0v) is 13.0. The smallest absolute Gasteiger partial charge is 0.323 e. The molecule has 0 aliphatic heterocycles. The molecule has 0 aliphatic carbocycles. The van der Waals surface area contributed by atoms with E-state index < -0.39 is 5.97 Å². The molecule has 19 heavy (non-hydrogen) atoms. The fraction of sp³-hybridized carbons (Fsp3) is 0.154. The lowest BCUT2D eigenvalue weighted by atomic mass is 10.2. The molecule has 0 radical (unpaired) electrons. The first-order chi connectivity index (χ1) is 9.06. The molecule has 0 unspecified atom stereocenters. The number of anilines is 1. The van der Waals surface area contributed by atoms with Gasteiger partial charge in [0.15, 0.2) is 0 Å². The van der Waals surface area contributed by atoms with Gasteiger partial charge in [-0.25, -0.2) is 0 Å². The highest BCUT2D eigenvalue weighted by Gasteiger charge is 2.14. The maximum absolute atomic E-state index is 11.0. The van der Waals surface area contributed by atoms with Crippen LogP contribution in [0, 0.1) is 0 Å². The fourth-order valence-electron chi connectivity index (χ4n) is 1.69. The van der Waals surface area contributed by atoms with Gasteiger partial charge in [0.1, 0.15) is 6.54 Å². The van der Waals surface area contributed by atoms with Crippen molar-refractivity contribution in [2.45, 2.75) is 6.54 Å². The summed E-state index contributed by atoms with van der Waals surface area (Å²) in [6.45, 7) is 0.468. The Kier molecular flexibility index (Phi) is 4.85. The van der Waals surface area contributed by atoms with Crippen LogP contribution >= 0.6 is 38.9 Å². The van der Waals surface area contributed by atoms with Crippen LogP contribution in [-0.2, 0) is 11.3 Å². The average Bonchev–Trinajstić information content (AvgIpc) is 2.74. The largest absolute Gasteiger partial charge is 0.480 e. The van der Waals surface area contributed by atoms with Crippen molar-refractivity contribution in [2.24, 2.45) is 0 Å². The van der Waals surface area contributed by atoms with Crippen molar-refractivity contribution in [3.63, 3.8) is 0 Å². The molecule has 2 rings (SSSR count). The summed E-state index contributed by atoms with van der Waals surface area (Å²) in [5.41, 5.74) is 0.801. The molecule has 0 aliphatic rings. The van der Waals surface area contributed by atoms with Crippen LogP contribution in [0.2, 0.25) is 5.02 Å². The van der Waals surface area contributed by atoms with E-state index in [0.717, 1.165) is 15.0 Å². The second-order valence-corrected chi connectivity index (χ2v) is 6.21. The van der Waals surface area contributed by atoms with Crippen molar-refractivity contribution in [3.05, 3.63) is 50.1 Å². The maximum atomic E-state index is 11.0. The average molecular weight is 361 g/mol. The number of carboxylic acid groups (broad SMARTS) is 1. The molecule has 0 saturated carbocycles. The van der Waals surface area contributed by atoms with Crippen molar-refractivity contribution in [2.75, 3.05) is 11.4 Å². The summed E-state index contributed by atoms with van der Waals surface area (Å²) < 4.78 is 0.995. The van der Waals surface area contributed by atoms with Gasteiger partial charge in [-0.15, -0.1) is 11.3 Å². The number of hydrogen-bond donors (Lipinski definition) is 1. The minimum absolute atomic E-state index is 0.0648. The van der Waals surface area contributed by atoms with Gasteiger partial charge in [0, 0.05) is 20.1 Å². The molecule has 3 nitrogen and oxygen atoms in total. The highest BCUT2D eigenvalue weighted by molar-refractivity contribution is 9.10. The third-order valence-corrected chi connectivity index (χ3v) is 4.67. The minimum Gasteiger partial charge on any atom is -0.480 e. The topological polar surface area (TPSA) is 40.5 Å². The van der Waals surface area contributed by atoms with E-state index in [4.69, 9.17) is 16.7 Å².